The summed E-state index contributed by atoms with van der Waals surface area (Å²) < 4.78 is 4.61. The van der Waals surface area contributed by atoms with E-state index in [1.807, 2.05) is 0 Å². The van der Waals surface area contributed by atoms with Crippen LogP contribution in [0.1, 0.15) is 32.6 Å². The number of carbonyl (C=O) groups is 3. The molecule has 0 aromatic heterocycles. The van der Waals surface area contributed by atoms with E-state index < -0.39 is 29.4 Å². The molecule has 1 saturated carbocycles. The predicted molar refractivity (Wildman–Crippen MR) is 61.6 cm³/mol. The van der Waals surface area contributed by atoms with Gasteiger partial charge in [0, 0.05) is 0 Å². The maximum atomic E-state index is 11.7. The molecule has 0 bridgehead atoms. The van der Waals surface area contributed by atoms with Crippen LogP contribution in [0.5, 0.6) is 0 Å². The SMILES string of the molecule is CCOC(=O)C(N)C(=O)NC1(C(=O)O)CCCC1. The summed E-state index contributed by atoms with van der Waals surface area (Å²) in [6.45, 7) is 1.71. The number of hydrogen-bond acceptors (Lipinski definition) is 5. The van der Waals surface area contributed by atoms with E-state index in [1.165, 1.54) is 0 Å². The van der Waals surface area contributed by atoms with Crippen molar-refractivity contribution < 1.29 is 24.2 Å². The lowest BCUT2D eigenvalue weighted by Crippen LogP contribution is -2.58. The van der Waals surface area contributed by atoms with Gasteiger partial charge in [0.25, 0.3) is 0 Å². The zero-order valence-corrected chi connectivity index (χ0v) is 10.3. The van der Waals surface area contributed by atoms with Crippen molar-refractivity contribution in [3.05, 3.63) is 0 Å². The summed E-state index contributed by atoms with van der Waals surface area (Å²) in [7, 11) is 0. The fraction of sp³-hybridized carbons (Fsp3) is 0.727. The molecule has 0 spiro atoms. The highest BCUT2D eigenvalue weighted by molar-refractivity contribution is 6.03. The van der Waals surface area contributed by atoms with Gasteiger partial charge in [-0.1, -0.05) is 12.8 Å². The molecule has 0 radical (unpaired) electrons. The number of nitrogens with two attached hydrogens (primary N) is 1. The predicted octanol–water partition coefficient (Wildman–Crippen LogP) is -0.610. The third kappa shape index (κ3) is 2.98. The molecule has 0 saturated heterocycles. The molecule has 1 atom stereocenters. The monoisotopic (exact) mass is 258 g/mol. The maximum absolute atomic E-state index is 11.7. The molecule has 0 heterocycles. The van der Waals surface area contributed by atoms with Crippen molar-refractivity contribution >= 4 is 17.8 Å². The molecule has 102 valence electrons. The molecular formula is C11H18N2O5. The quantitative estimate of drug-likeness (QED) is 0.447. The lowest BCUT2D eigenvalue weighted by atomic mass is 9.97. The average Bonchev–Trinajstić information content (AvgIpc) is 2.78. The van der Waals surface area contributed by atoms with Crippen molar-refractivity contribution in [3.8, 4) is 0 Å². The van der Waals surface area contributed by atoms with Crippen LogP contribution in [0.25, 0.3) is 0 Å². The number of amides is 1. The van der Waals surface area contributed by atoms with E-state index in [2.05, 4.69) is 10.1 Å². The molecule has 0 aromatic rings. The minimum atomic E-state index is -1.48. The first kappa shape index (κ1) is 14.4. The smallest absolute Gasteiger partial charge is 0.332 e. The standard InChI is InChI=1S/C11H18N2O5/c1-2-18-9(15)7(12)8(14)13-11(10(16)17)5-3-4-6-11/h7H,2-6,12H2,1H3,(H,13,14)(H,16,17). The third-order valence-electron chi connectivity index (χ3n) is 3.05. The Kier molecular flexibility index (Phi) is 4.66. The van der Waals surface area contributed by atoms with Gasteiger partial charge in [0.2, 0.25) is 5.91 Å². The Hall–Kier alpha value is -1.63. The first-order chi connectivity index (χ1) is 8.43. The van der Waals surface area contributed by atoms with E-state index in [-0.39, 0.29) is 6.61 Å². The molecule has 7 heteroatoms. The van der Waals surface area contributed by atoms with Gasteiger partial charge in [-0.3, -0.25) is 4.79 Å². The number of esters is 1. The van der Waals surface area contributed by atoms with Gasteiger partial charge >= 0.3 is 11.9 Å². The van der Waals surface area contributed by atoms with Crippen molar-refractivity contribution in [2.24, 2.45) is 5.73 Å². The zero-order chi connectivity index (χ0) is 13.8. The Labute approximate surface area is 105 Å². The lowest BCUT2D eigenvalue weighted by Gasteiger charge is -2.26. The second-order valence-electron chi connectivity index (χ2n) is 4.31. The summed E-state index contributed by atoms with van der Waals surface area (Å²) in [5, 5.41) is 11.5. The number of aliphatic carboxylic acids is 1. The number of hydrogen-bond donors (Lipinski definition) is 3. The molecule has 1 amide bonds. The van der Waals surface area contributed by atoms with Crippen LogP contribution in [0.4, 0.5) is 0 Å². The summed E-state index contributed by atoms with van der Waals surface area (Å²) in [5.74, 6) is -2.75. The number of carboxylic acids is 1. The Morgan fingerprint density at radius 3 is 2.39 bits per heavy atom. The van der Waals surface area contributed by atoms with Gasteiger partial charge in [-0.2, -0.15) is 0 Å². The van der Waals surface area contributed by atoms with Crippen molar-refractivity contribution in [2.75, 3.05) is 6.61 Å². The molecule has 0 aliphatic heterocycles. The third-order valence-corrected chi connectivity index (χ3v) is 3.05. The van der Waals surface area contributed by atoms with E-state index in [4.69, 9.17) is 10.8 Å². The summed E-state index contributed by atoms with van der Waals surface area (Å²) >= 11 is 0. The molecule has 1 aliphatic rings. The lowest BCUT2D eigenvalue weighted by molar-refractivity contribution is -0.152. The first-order valence-corrected chi connectivity index (χ1v) is 5.90. The topological polar surface area (TPSA) is 119 Å². The van der Waals surface area contributed by atoms with E-state index in [9.17, 15) is 14.4 Å². The Morgan fingerprint density at radius 2 is 1.94 bits per heavy atom. The van der Waals surface area contributed by atoms with Crippen LogP contribution >= 0.6 is 0 Å². The van der Waals surface area contributed by atoms with Crippen LogP contribution in [0.3, 0.4) is 0 Å². The van der Waals surface area contributed by atoms with Crippen molar-refractivity contribution in [1.82, 2.24) is 5.32 Å². The number of ether oxygens (including phenoxy) is 1. The molecule has 1 rings (SSSR count). The van der Waals surface area contributed by atoms with Gasteiger partial charge in [-0.15, -0.1) is 0 Å². The normalized spacial score (nSPS) is 19.0. The Balaban J connectivity index is 2.68. The summed E-state index contributed by atoms with van der Waals surface area (Å²) in [5.41, 5.74) is 4.11. The Bertz CT molecular complexity index is 349. The molecule has 0 aromatic carbocycles. The summed E-state index contributed by atoms with van der Waals surface area (Å²) in [6.07, 6.45) is 2.15. The molecule has 4 N–H and O–H groups in total. The second kappa shape index (κ2) is 5.81. The number of carbonyl (C=O) groups excluding carboxylic acids is 2. The molecule has 7 nitrogen and oxygen atoms in total. The highest BCUT2D eigenvalue weighted by Crippen LogP contribution is 2.29. The average molecular weight is 258 g/mol. The number of nitrogens with one attached hydrogen (secondary N) is 1. The van der Waals surface area contributed by atoms with Crippen LogP contribution in [-0.4, -0.2) is 41.1 Å². The molecule has 1 fully saturated rings. The van der Waals surface area contributed by atoms with Gasteiger partial charge in [-0.05, 0) is 19.8 Å². The van der Waals surface area contributed by atoms with E-state index in [0.29, 0.717) is 12.8 Å². The maximum Gasteiger partial charge on any atom is 0.332 e. The highest BCUT2D eigenvalue weighted by Gasteiger charge is 2.44. The van der Waals surface area contributed by atoms with Crippen LogP contribution in [0, 0.1) is 0 Å². The molecule has 1 aliphatic carbocycles. The largest absolute Gasteiger partial charge is 0.480 e. The van der Waals surface area contributed by atoms with E-state index >= 15 is 0 Å². The van der Waals surface area contributed by atoms with Crippen molar-refractivity contribution in [3.63, 3.8) is 0 Å². The summed E-state index contributed by atoms with van der Waals surface area (Å²) in [6, 6.07) is -1.48. The fourth-order valence-electron chi connectivity index (χ4n) is 2.02. The van der Waals surface area contributed by atoms with Crippen molar-refractivity contribution in [1.29, 1.82) is 0 Å². The Morgan fingerprint density at radius 1 is 1.39 bits per heavy atom. The number of rotatable bonds is 5. The fourth-order valence-corrected chi connectivity index (χ4v) is 2.02. The minimum Gasteiger partial charge on any atom is -0.480 e. The van der Waals surface area contributed by atoms with Gasteiger partial charge in [0.05, 0.1) is 6.61 Å². The second-order valence-corrected chi connectivity index (χ2v) is 4.31. The highest BCUT2D eigenvalue weighted by atomic mass is 16.5. The van der Waals surface area contributed by atoms with E-state index in [0.717, 1.165) is 12.8 Å². The van der Waals surface area contributed by atoms with Crippen LogP contribution in [0.15, 0.2) is 0 Å². The van der Waals surface area contributed by atoms with Gasteiger partial charge < -0.3 is 20.9 Å². The molecular weight excluding hydrogens is 240 g/mol. The van der Waals surface area contributed by atoms with Gasteiger partial charge in [0.15, 0.2) is 6.04 Å². The van der Waals surface area contributed by atoms with Crippen molar-refractivity contribution in [2.45, 2.75) is 44.2 Å². The minimum absolute atomic E-state index is 0.115. The summed E-state index contributed by atoms with van der Waals surface area (Å²) in [4.78, 5) is 34.2. The van der Waals surface area contributed by atoms with Gasteiger partial charge in [0.1, 0.15) is 5.54 Å². The van der Waals surface area contributed by atoms with Crippen LogP contribution in [0.2, 0.25) is 0 Å². The van der Waals surface area contributed by atoms with Crippen LogP contribution in [-0.2, 0) is 19.1 Å². The zero-order valence-electron chi connectivity index (χ0n) is 10.3. The van der Waals surface area contributed by atoms with Gasteiger partial charge in [-0.25, -0.2) is 9.59 Å². The molecule has 1 unspecified atom stereocenters. The molecule has 18 heavy (non-hydrogen) atoms. The van der Waals surface area contributed by atoms with E-state index in [1.54, 1.807) is 6.92 Å². The van der Waals surface area contributed by atoms with Crippen LogP contribution < -0.4 is 11.1 Å². The number of carboxylic acid groups (broad SMARTS) is 1. The first-order valence-electron chi connectivity index (χ1n) is 5.90.